The number of hydrogen-bond donors (Lipinski definition) is 1. The second kappa shape index (κ2) is 6.48. The van der Waals surface area contributed by atoms with Crippen LogP contribution in [0, 0.1) is 13.8 Å². The number of aromatic nitrogens is 2. The van der Waals surface area contributed by atoms with Crippen molar-refractivity contribution < 1.29 is 4.79 Å². The van der Waals surface area contributed by atoms with E-state index in [-0.39, 0.29) is 5.91 Å². The minimum absolute atomic E-state index is 0.206. The Morgan fingerprint density at radius 1 is 1.09 bits per heavy atom. The predicted molar refractivity (Wildman–Crippen MR) is 94.2 cm³/mol. The highest BCUT2D eigenvalue weighted by Crippen LogP contribution is 2.27. The molecule has 1 aromatic heterocycles. The Morgan fingerprint density at radius 2 is 1.74 bits per heavy atom. The molecule has 0 unspecified atom stereocenters. The highest BCUT2D eigenvalue weighted by atomic mass is 35.5. The Labute approximate surface area is 143 Å². The second-order valence-electron chi connectivity index (χ2n) is 5.18. The zero-order chi connectivity index (χ0) is 16.4. The van der Waals surface area contributed by atoms with E-state index in [0.717, 1.165) is 33.9 Å². The van der Waals surface area contributed by atoms with E-state index in [2.05, 4.69) is 14.9 Å². The molecule has 0 radical (unpaired) electrons. The summed E-state index contributed by atoms with van der Waals surface area (Å²) in [5.74, 6) is -0.206. The van der Waals surface area contributed by atoms with E-state index >= 15 is 0 Å². The first kappa shape index (κ1) is 15.6. The third-order valence-corrected chi connectivity index (χ3v) is 4.51. The Balaban J connectivity index is 1.92. The third kappa shape index (κ3) is 3.25. The number of carbonyl (C=O) groups excluding carboxylic acids is 1. The largest absolute Gasteiger partial charge is 0.321 e. The van der Waals surface area contributed by atoms with Crippen molar-refractivity contribution in [3.8, 4) is 11.3 Å². The number of rotatable bonds is 3. The molecule has 1 amide bonds. The molecule has 0 aliphatic heterocycles. The molecule has 1 N–H and O–H groups in total. The maximum Gasteiger partial charge on any atom is 0.269 e. The number of nitrogens with one attached hydrogen (secondary N) is 1. The fourth-order valence-corrected chi connectivity index (χ4v) is 3.03. The molecule has 6 heteroatoms. The lowest BCUT2D eigenvalue weighted by Gasteiger charge is -2.11. The first-order valence-corrected chi connectivity index (χ1v) is 8.17. The maximum absolute atomic E-state index is 12.6. The van der Waals surface area contributed by atoms with E-state index in [9.17, 15) is 4.79 Å². The predicted octanol–water partition coefficient (Wildman–Crippen LogP) is 4.73. The van der Waals surface area contributed by atoms with E-state index in [1.165, 1.54) is 0 Å². The molecule has 4 nitrogen and oxygen atoms in total. The number of aryl methyl sites for hydroxylation is 2. The molecule has 0 aliphatic rings. The van der Waals surface area contributed by atoms with Gasteiger partial charge in [-0.05, 0) is 48.6 Å². The van der Waals surface area contributed by atoms with E-state index in [0.29, 0.717) is 15.6 Å². The second-order valence-corrected chi connectivity index (χ2v) is 6.37. The first-order valence-electron chi connectivity index (χ1n) is 7.02. The highest BCUT2D eigenvalue weighted by Gasteiger charge is 2.19. The third-order valence-electron chi connectivity index (χ3n) is 3.53. The molecule has 0 bridgehead atoms. The Kier molecular flexibility index (Phi) is 4.41. The van der Waals surface area contributed by atoms with Crippen molar-refractivity contribution in [1.82, 2.24) is 9.59 Å². The zero-order valence-electron chi connectivity index (χ0n) is 12.6. The van der Waals surface area contributed by atoms with Gasteiger partial charge in [0.2, 0.25) is 0 Å². The SMILES string of the molecule is Cc1cccc(C)c1NC(=O)c1snnc1-c1ccc(Cl)cc1. The molecule has 0 atom stereocenters. The van der Waals surface area contributed by atoms with Crippen molar-refractivity contribution in [2.45, 2.75) is 13.8 Å². The lowest BCUT2D eigenvalue weighted by atomic mass is 10.1. The van der Waals surface area contributed by atoms with Crippen molar-refractivity contribution in [2.24, 2.45) is 0 Å². The van der Waals surface area contributed by atoms with E-state index < -0.39 is 0 Å². The fraction of sp³-hybridized carbons (Fsp3) is 0.118. The standard InChI is InChI=1S/C17H14ClN3OS/c1-10-4-3-5-11(2)14(10)19-17(22)16-15(20-21-23-16)12-6-8-13(18)9-7-12/h3-9H,1-2H3,(H,19,22). The van der Waals surface area contributed by atoms with Crippen LogP contribution >= 0.6 is 23.1 Å². The number of halogens is 1. The van der Waals surface area contributed by atoms with Gasteiger partial charge in [-0.15, -0.1) is 5.10 Å². The van der Waals surface area contributed by atoms with Gasteiger partial charge in [0.15, 0.2) is 0 Å². The molecular formula is C17H14ClN3OS. The van der Waals surface area contributed by atoms with Crippen molar-refractivity contribution >= 4 is 34.7 Å². The van der Waals surface area contributed by atoms with Gasteiger partial charge in [-0.25, -0.2) is 0 Å². The van der Waals surface area contributed by atoms with Gasteiger partial charge in [-0.1, -0.05) is 46.4 Å². The number of para-hydroxylation sites is 1. The average Bonchev–Trinajstić information content (AvgIpc) is 3.01. The maximum atomic E-state index is 12.6. The number of anilines is 1. The molecule has 3 aromatic rings. The van der Waals surface area contributed by atoms with Crippen molar-refractivity contribution in [3.63, 3.8) is 0 Å². The van der Waals surface area contributed by atoms with Crippen LogP contribution in [0.4, 0.5) is 5.69 Å². The quantitative estimate of drug-likeness (QED) is 0.748. The average molecular weight is 344 g/mol. The Morgan fingerprint density at radius 3 is 2.39 bits per heavy atom. The van der Waals surface area contributed by atoms with Crippen molar-refractivity contribution in [1.29, 1.82) is 0 Å². The number of benzene rings is 2. The van der Waals surface area contributed by atoms with E-state index in [1.54, 1.807) is 12.1 Å². The van der Waals surface area contributed by atoms with Crippen LogP contribution in [0.5, 0.6) is 0 Å². The summed E-state index contributed by atoms with van der Waals surface area (Å²) in [5, 5.41) is 7.69. The van der Waals surface area contributed by atoms with Crippen LogP contribution < -0.4 is 5.32 Å². The summed E-state index contributed by atoms with van der Waals surface area (Å²) in [6.45, 7) is 3.93. The van der Waals surface area contributed by atoms with E-state index in [1.807, 2.05) is 44.2 Å². The van der Waals surface area contributed by atoms with Crippen molar-refractivity contribution in [3.05, 3.63) is 63.5 Å². The van der Waals surface area contributed by atoms with Crippen LogP contribution in [0.25, 0.3) is 11.3 Å². The van der Waals surface area contributed by atoms with Crippen LogP contribution in [0.3, 0.4) is 0 Å². The normalized spacial score (nSPS) is 10.6. The van der Waals surface area contributed by atoms with Gasteiger partial charge in [0.05, 0.1) is 0 Å². The van der Waals surface area contributed by atoms with Gasteiger partial charge >= 0.3 is 0 Å². The highest BCUT2D eigenvalue weighted by molar-refractivity contribution is 7.08. The summed E-state index contributed by atoms with van der Waals surface area (Å²) in [4.78, 5) is 13.1. The topological polar surface area (TPSA) is 54.9 Å². The molecule has 0 spiro atoms. The summed E-state index contributed by atoms with van der Waals surface area (Å²) in [6.07, 6.45) is 0. The summed E-state index contributed by atoms with van der Waals surface area (Å²) in [7, 11) is 0. The fourth-order valence-electron chi connectivity index (χ4n) is 2.32. The summed E-state index contributed by atoms with van der Waals surface area (Å²) >= 11 is 6.99. The molecule has 0 fully saturated rings. The van der Waals surface area contributed by atoms with Gasteiger partial charge in [-0.3, -0.25) is 4.79 Å². The molecule has 1 heterocycles. The van der Waals surface area contributed by atoms with Crippen LogP contribution in [0.15, 0.2) is 42.5 Å². The number of nitrogens with zero attached hydrogens (tertiary/aromatic N) is 2. The van der Waals surface area contributed by atoms with Crippen LogP contribution in [0.1, 0.15) is 20.8 Å². The summed E-state index contributed by atoms with van der Waals surface area (Å²) in [6, 6.07) is 13.1. The Hall–Kier alpha value is -2.24. The minimum atomic E-state index is -0.206. The molecule has 23 heavy (non-hydrogen) atoms. The lowest BCUT2D eigenvalue weighted by molar-refractivity contribution is 0.103. The zero-order valence-corrected chi connectivity index (χ0v) is 14.2. The molecule has 3 rings (SSSR count). The smallest absolute Gasteiger partial charge is 0.269 e. The first-order chi connectivity index (χ1) is 11.1. The lowest BCUT2D eigenvalue weighted by Crippen LogP contribution is -2.13. The number of carbonyl (C=O) groups is 1. The van der Waals surface area contributed by atoms with Gasteiger partial charge in [0, 0.05) is 16.3 Å². The number of hydrogen-bond acceptors (Lipinski definition) is 4. The molecule has 0 saturated heterocycles. The minimum Gasteiger partial charge on any atom is -0.321 e. The van der Waals surface area contributed by atoms with Gasteiger partial charge < -0.3 is 5.32 Å². The molecule has 0 aliphatic carbocycles. The molecule has 0 saturated carbocycles. The molecular weight excluding hydrogens is 330 g/mol. The van der Waals surface area contributed by atoms with Gasteiger partial charge in [0.25, 0.3) is 5.91 Å². The van der Waals surface area contributed by atoms with E-state index in [4.69, 9.17) is 11.6 Å². The van der Waals surface area contributed by atoms with Crippen LogP contribution in [-0.2, 0) is 0 Å². The number of amides is 1. The summed E-state index contributed by atoms with van der Waals surface area (Å²) < 4.78 is 3.93. The van der Waals surface area contributed by atoms with Crippen LogP contribution in [-0.4, -0.2) is 15.5 Å². The van der Waals surface area contributed by atoms with Gasteiger partial charge in [0.1, 0.15) is 10.6 Å². The van der Waals surface area contributed by atoms with Crippen molar-refractivity contribution in [2.75, 3.05) is 5.32 Å². The van der Waals surface area contributed by atoms with Gasteiger partial charge in [-0.2, -0.15) is 0 Å². The van der Waals surface area contributed by atoms with Crippen LogP contribution in [0.2, 0.25) is 5.02 Å². The Bertz CT molecular complexity index is 838. The summed E-state index contributed by atoms with van der Waals surface area (Å²) in [5.41, 5.74) is 4.24. The molecule has 116 valence electrons. The molecule has 2 aromatic carbocycles. The monoisotopic (exact) mass is 343 g/mol.